The summed E-state index contributed by atoms with van der Waals surface area (Å²) in [5, 5.41) is 12.8. The van der Waals surface area contributed by atoms with Crippen molar-refractivity contribution in [1.82, 2.24) is 30.1 Å². The van der Waals surface area contributed by atoms with Crippen LogP contribution in [-0.2, 0) is 34.3 Å². The fraction of sp³-hybridized carbons (Fsp3) is 0.588. The number of rotatable bonds is 9. The molecule has 0 spiro atoms. The molecule has 0 bridgehead atoms. The average Bonchev–Trinajstić information content (AvgIpc) is 3.35. The number of aliphatic imine (C=N–C) groups is 1. The van der Waals surface area contributed by atoms with E-state index in [2.05, 4.69) is 30.4 Å². The summed E-state index contributed by atoms with van der Waals surface area (Å²) >= 11 is 1.19. The van der Waals surface area contributed by atoms with E-state index in [0.717, 1.165) is 18.7 Å². The van der Waals surface area contributed by atoms with Gasteiger partial charge in [-0.3, -0.25) is 4.99 Å². The molecule has 0 fully saturated rings. The molecule has 1 atom stereocenters. The molecule has 29 heavy (non-hydrogen) atoms. The van der Waals surface area contributed by atoms with Gasteiger partial charge in [-0.2, -0.15) is 5.10 Å². The molecular formula is C17H27N7O3S2. The second-order valence-electron chi connectivity index (χ2n) is 6.53. The largest absolute Gasteiger partial charge is 0.377 e. The SMILES string of the molecule is CCNC(=NCCNS(=O)(=O)c1cccs1)NC1CCc2nc(COC)nn2C1. The van der Waals surface area contributed by atoms with Gasteiger partial charge in [0.15, 0.2) is 11.8 Å². The zero-order valence-electron chi connectivity index (χ0n) is 16.6. The van der Waals surface area contributed by atoms with Crippen molar-refractivity contribution in [1.29, 1.82) is 0 Å². The van der Waals surface area contributed by atoms with Crippen LogP contribution in [0.4, 0.5) is 0 Å². The van der Waals surface area contributed by atoms with Crippen molar-refractivity contribution in [3.8, 4) is 0 Å². The Hall–Kier alpha value is -2.02. The van der Waals surface area contributed by atoms with Crippen molar-refractivity contribution in [3.05, 3.63) is 29.2 Å². The van der Waals surface area contributed by atoms with Gasteiger partial charge in [0.05, 0.1) is 13.1 Å². The Bertz CT molecular complexity index is 910. The summed E-state index contributed by atoms with van der Waals surface area (Å²) in [4.78, 5) is 8.97. The number of aryl methyl sites for hydroxylation is 1. The van der Waals surface area contributed by atoms with Crippen LogP contribution >= 0.6 is 11.3 Å². The number of ether oxygens (including phenoxy) is 1. The maximum absolute atomic E-state index is 12.1. The summed E-state index contributed by atoms with van der Waals surface area (Å²) in [6, 6.07) is 3.47. The minimum absolute atomic E-state index is 0.167. The van der Waals surface area contributed by atoms with Crippen LogP contribution in [0.25, 0.3) is 0 Å². The smallest absolute Gasteiger partial charge is 0.250 e. The van der Waals surface area contributed by atoms with Gasteiger partial charge in [-0.25, -0.2) is 22.8 Å². The zero-order valence-corrected chi connectivity index (χ0v) is 18.2. The molecule has 0 saturated heterocycles. The highest BCUT2D eigenvalue weighted by Crippen LogP contribution is 2.15. The van der Waals surface area contributed by atoms with Crippen LogP contribution < -0.4 is 15.4 Å². The van der Waals surface area contributed by atoms with Gasteiger partial charge < -0.3 is 15.4 Å². The molecule has 2 aromatic rings. The Morgan fingerprint density at radius 3 is 3.07 bits per heavy atom. The quantitative estimate of drug-likeness (QED) is 0.291. The van der Waals surface area contributed by atoms with Crippen molar-refractivity contribution < 1.29 is 13.2 Å². The van der Waals surface area contributed by atoms with E-state index in [9.17, 15) is 8.42 Å². The van der Waals surface area contributed by atoms with Gasteiger partial charge in [-0.05, 0) is 24.8 Å². The normalized spacial score (nSPS) is 17.2. The number of methoxy groups -OCH3 is 1. The molecule has 1 aliphatic heterocycles. The van der Waals surface area contributed by atoms with Crippen molar-refractivity contribution in [3.63, 3.8) is 0 Å². The molecule has 0 amide bonds. The van der Waals surface area contributed by atoms with Crippen LogP contribution in [-0.4, -0.2) is 61.9 Å². The van der Waals surface area contributed by atoms with Crippen molar-refractivity contribution in [2.45, 2.75) is 43.2 Å². The summed E-state index contributed by atoms with van der Waals surface area (Å²) in [5.74, 6) is 2.33. The Labute approximate surface area is 174 Å². The lowest BCUT2D eigenvalue weighted by molar-refractivity contribution is 0.177. The van der Waals surface area contributed by atoms with Crippen LogP contribution in [0.3, 0.4) is 0 Å². The highest BCUT2D eigenvalue weighted by molar-refractivity contribution is 7.91. The van der Waals surface area contributed by atoms with Crippen molar-refractivity contribution in [2.24, 2.45) is 4.99 Å². The molecule has 160 valence electrons. The molecule has 3 N–H and O–H groups in total. The van der Waals surface area contributed by atoms with Crippen LogP contribution in [0.15, 0.2) is 26.7 Å². The minimum atomic E-state index is -3.46. The van der Waals surface area contributed by atoms with Crippen LogP contribution in [0.5, 0.6) is 0 Å². The van der Waals surface area contributed by atoms with Gasteiger partial charge >= 0.3 is 0 Å². The molecule has 1 unspecified atom stereocenters. The van der Waals surface area contributed by atoms with E-state index < -0.39 is 10.0 Å². The highest BCUT2D eigenvalue weighted by atomic mass is 32.2. The Balaban J connectivity index is 1.53. The van der Waals surface area contributed by atoms with Gasteiger partial charge in [-0.15, -0.1) is 11.3 Å². The molecule has 3 rings (SSSR count). The number of nitrogens with one attached hydrogen (secondary N) is 3. The van der Waals surface area contributed by atoms with E-state index in [1.807, 2.05) is 11.6 Å². The third-order valence-corrected chi connectivity index (χ3v) is 7.15. The summed E-state index contributed by atoms with van der Waals surface area (Å²) in [5.41, 5.74) is 0. The van der Waals surface area contributed by atoms with Crippen LogP contribution in [0.1, 0.15) is 25.0 Å². The first-order valence-corrected chi connectivity index (χ1v) is 11.9. The van der Waals surface area contributed by atoms with E-state index in [1.165, 1.54) is 11.3 Å². The standard InChI is InChI=1S/C17H27N7O3S2/c1-3-18-17(19-8-9-20-29(25,26)16-5-4-10-28-16)21-13-6-7-15-22-14(12-27-2)23-24(15)11-13/h4-5,10,13,20H,3,6-9,11-12H2,1-2H3,(H2,18,19,21). The molecule has 12 heteroatoms. The second-order valence-corrected chi connectivity index (χ2v) is 9.47. The Morgan fingerprint density at radius 1 is 1.48 bits per heavy atom. The summed E-state index contributed by atoms with van der Waals surface area (Å²) < 4.78 is 34.2. The number of nitrogens with zero attached hydrogens (tertiary/aromatic N) is 4. The molecule has 0 radical (unpaired) electrons. The van der Waals surface area contributed by atoms with E-state index in [-0.39, 0.29) is 12.6 Å². The van der Waals surface area contributed by atoms with Gasteiger partial charge in [-0.1, -0.05) is 6.07 Å². The minimum Gasteiger partial charge on any atom is -0.377 e. The zero-order chi connectivity index (χ0) is 20.7. The lowest BCUT2D eigenvalue weighted by atomic mass is 10.1. The van der Waals surface area contributed by atoms with E-state index in [1.54, 1.807) is 24.6 Å². The third-order valence-electron chi connectivity index (χ3n) is 4.29. The summed E-state index contributed by atoms with van der Waals surface area (Å²) in [7, 11) is -1.83. The topological polar surface area (TPSA) is 123 Å². The number of thiophene rings is 1. The predicted molar refractivity (Wildman–Crippen MR) is 111 cm³/mol. The fourth-order valence-corrected chi connectivity index (χ4v) is 5.08. The first-order valence-electron chi connectivity index (χ1n) is 9.51. The van der Waals surface area contributed by atoms with E-state index in [4.69, 9.17) is 4.74 Å². The maximum Gasteiger partial charge on any atom is 0.250 e. The molecule has 2 aromatic heterocycles. The molecule has 0 aliphatic carbocycles. The molecule has 3 heterocycles. The Kier molecular flexibility index (Phi) is 7.58. The van der Waals surface area contributed by atoms with Gasteiger partial charge in [0.25, 0.3) is 0 Å². The van der Waals surface area contributed by atoms with Gasteiger partial charge in [0.1, 0.15) is 16.6 Å². The number of guanidine groups is 1. The molecule has 0 saturated carbocycles. The predicted octanol–water partition coefficient (Wildman–Crippen LogP) is 0.334. The van der Waals surface area contributed by atoms with Crippen LogP contribution in [0, 0.1) is 0 Å². The molecule has 10 nitrogen and oxygen atoms in total. The van der Waals surface area contributed by atoms with Crippen molar-refractivity contribution >= 4 is 27.3 Å². The van der Waals surface area contributed by atoms with E-state index >= 15 is 0 Å². The lowest BCUT2D eigenvalue weighted by Gasteiger charge is -2.25. The summed E-state index contributed by atoms with van der Waals surface area (Å²) in [6.45, 7) is 4.37. The first kappa shape index (κ1) is 21.7. The number of hydrogen-bond donors (Lipinski definition) is 3. The van der Waals surface area contributed by atoms with Gasteiger partial charge in [0.2, 0.25) is 10.0 Å². The average molecular weight is 442 g/mol. The third kappa shape index (κ3) is 5.98. The lowest BCUT2D eigenvalue weighted by Crippen LogP contribution is -2.47. The number of aromatic nitrogens is 3. The molecule has 0 aromatic carbocycles. The number of sulfonamides is 1. The first-order chi connectivity index (χ1) is 14.0. The molecular weight excluding hydrogens is 414 g/mol. The van der Waals surface area contributed by atoms with Crippen LogP contribution in [0.2, 0.25) is 0 Å². The Morgan fingerprint density at radius 2 is 2.34 bits per heavy atom. The van der Waals surface area contributed by atoms with Crippen molar-refractivity contribution in [2.75, 3.05) is 26.7 Å². The molecule has 1 aliphatic rings. The van der Waals surface area contributed by atoms with E-state index in [0.29, 0.717) is 42.2 Å². The maximum atomic E-state index is 12.1. The summed E-state index contributed by atoms with van der Waals surface area (Å²) in [6.07, 6.45) is 1.74. The number of fused-ring (bicyclic) bond motifs is 1. The second kappa shape index (κ2) is 10.1. The number of hydrogen-bond acceptors (Lipinski definition) is 7. The van der Waals surface area contributed by atoms with Gasteiger partial charge in [0, 0.05) is 32.7 Å². The highest BCUT2D eigenvalue weighted by Gasteiger charge is 2.22. The fourth-order valence-electron chi connectivity index (χ4n) is 3.02. The monoisotopic (exact) mass is 441 g/mol.